The average Bonchev–Trinajstić information content (AvgIpc) is 2.33. The van der Waals surface area contributed by atoms with E-state index >= 15 is 0 Å². The molecule has 0 fully saturated rings. The Hall–Kier alpha value is -1.61. The van der Waals surface area contributed by atoms with Gasteiger partial charge in [0, 0.05) is 29.0 Å². The summed E-state index contributed by atoms with van der Waals surface area (Å²) in [6, 6.07) is 7.69. The van der Waals surface area contributed by atoms with Gasteiger partial charge in [-0.25, -0.2) is 9.97 Å². The van der Waals surface area contributed by atoms with Gasteiger partial charge in [-0.2, -0.15) is 0 Å². The third-order valence-electron chi connectivity index (χ3n) is 2.84. The molecule has 0 aliphatic heterocycles. The molecule has 1 aromatic heterocycles. The number of hydrogen-bond acceptors (Lipinski definition) is 3. The van der Waals surface area contributed by atoms with Gasteiger partial charge in [-0.15, -0.1) is 0 Å². The molecule has 0 saturated carbocycles. The van der Waals surface area contributed by atoms with Crippen molar-refractivity contribution in [2.75, 3.05) is 11.9 Å². The molecular formula is C13H14ClN3. The third kappa shape index (κ3) is 2.39. The second-order valence-electron chi connectivity index (χ2n) is 3.94. The van der Waals surface area contributed by atoms with Crippen molar-refractivity contribution in [2.24, 2.45) is 0 Å². The normalized spacial score (nSPS) is 10.4. The summed E-state index contributed by atoms with van der Waals surface area (Å²) in [4.78, 5) is 10.5. The largest absolute Gasteiger partial charge is 0.329 e. The summed E-state index contributed by atoms with van der Waals surface area (Å²) >= 11 is 5.87. The fraction of sp³-hybridized carbons (Fsp3) is 0.231. The van der Waals surface area contributed by atoms with Crippen LogP contribution in [0, 0.1) is 13.8 Å². The number of rotatable bonds is 2. The van der Waals surface area contributed by atoms with Crippen molar-refractivity contribution in [3.8, 4) is 0 Å². The van der Waals surface area contributed by atoms with E-state index in [1.54, 1.807) is 6.33 Å². The van der Waals surface area contributed by atoms with Gasteiger partial charge in [0.15, 0.2) is 0 Å². The van der Waals surface area contributed by atoms with E-state index < -0.39 is 0 Å². The molecule has 0 bridgehead atoms. The van der Waals surface area contributed by atoms with Gasteiger partial charge in [0.25, 0.3) is 0 Å². The smallest absolute Gasteiger partial charge is 0.139 e. The fourth-order valence-corrected chi connectivity index (χ4v) is 1.78. The Morgan fingerprint density at radius 1 is 1.06 bits per heavy atom. The number of hydrogen-bond donors (Lipinski definition) is 0. The zero-order chi connectivity index (χ0) is 12.4. The quantitative estimate of drug-likeness (QED) is 0.813. The lowest BCUT2D eigenvalue weighted by molar-refractivity contribution is 1.01. The van der Waals surface area contributed by atoms with E-state index in [1.165, 1.54) is 0 Å². The molecule has 2 aromatic rings. The van der Waals surface area contributed by atoms with Crippen LogP contribution in [0.4, 0.5) is 11.5 Å². The van der Waals surface area contributed by atoms with Crippen molar-refractivity contribution >= 4 is 23.1 Å². The molecular weight excluding hydrogens is 234 g/mol. The summed E-state index contributed by atoms with van der Waals surface area (Å²) in [5.74, 6) is 0.917. The zero-order valence-electron chi connectivity index (χ0n) is 10.1. The van der Waals surface area contributed by atoms with Crippen LogP contribution in [0.25, 0.3) is 0 Å². The average molecular weight is 248 g/mol. The Labute approximate surface area is 106 Å². The SMILES string of the molecule is Cc1ncnc(N(C)c2ccc(Cl)cc2)c1C. The Morgan fingerprint density at radius 3 is 2.35 bits per heavy atom. The van der Waals surface area contributed by atoms with Gasteiger partial charge in [0.1, 0.15) is 12.1 Å². The van der Waals surface area contributed by atoms with Gasteiger partial charge in [-0.3, -0.25) is 0 Å². The van der Waals surface area contributed by atoms with Crippen molar-refractivity contribution in [1.82, 2.24) is 9.97 Å². The first-order valence-electron chi connectivity index (χ1n) is 5.37. The van der Waals surface area contributed by atoms with Crippen LogP contribution >= 0.6 is 11.6 Å². The number of benzene rings is 1. The molecule has 0 N–H and O–H groups in total. The van der Waals surface area contributed by atoms with Crippen molar-refractivity contribution in [2.45, 2.75) is 13.8 Å². The Balaban J connectivity index is 2.40. The zero-order valence-corrected chi connectivity index (χ0v) is 10.9. The first-order chi connectivity index (χ1) is 8.09. The van der Waals surface area contributed by atoms with Crippen LogP contribution in [-0.4, -0.2) is 17.0 Å². The first kappa shape index (κ1) is 11.9. The monoisotopic (exact) mass is 247 g/mol. The van der Waals surface area contributed by atoms with Crippen molar-refractivity contribution in [3.63, 3.8) is 0 Å². The van der Waals surface area contributed by atoms with E-state index in [2.05, 4.69) is 9.97 Å². The van der Waals surface area contributed by atoms with Gasteiger partial charge in [0.05, 0.1) is 0 Å². The molecule has 0 aliphatic carbocycles. The van der Waals surface area contributed by atoms with Crippen LogP contribution in [0.5, 0.6) is 0 Å². The molecule has 17 heavy (non-hydrogen) atoms. The predicted molar refractivity (Wildman–Crippen MR) is 71.0 cm³/mol. The van der Waals surface area contributed by atoms with Crippen molar-refractivity contribution < 1.29 is 0 Å². The maximum atomic E-state index is 5.87. The highest BCUT2D eigenvalue weighted by molar-refractivity contribution is 6.30. The van der Waals surface area contributed by atoms with E-state index in [-0.39, 0.29) is 0 Å². The summed E-state index contributed by atoms with van der Waals surface area (Å²) in [6.45, 7) is 4.01. The second-order valence-corrected chi connectivity index (χ2v) is 4.38. The van der Waals surface area contributed by atoms with E-state index in [4.69, 9.17) is 11.6 Å². The summed E-state index contributed by atoms with van der Waals surface area (Å²) in [5, 5.41) is 0.734. The van der Waals surface area contributed by atoms with Crippen LogP contribution in [0.1, 0.15) is 11.3 Å². The predicted octanol–water partition coefficient (Wildman–Crippen LogP) is 3.51. The molecule has 0 spiro atoms. The lowest BCUT2D eigenvalue weighted by atomic mass is 10.2. The number of aryl methyl sites for hydroxylation is 1. The highest BCUT2D eigenvalue weighted by Crippen LogP contribution is 2.26. The van der Waals surface area contributed by atoms with Crippen LogP contribution < -0.4 is 4.90 Å². The lowest BCUT2D eigenvalue weighted by Crippen LogP contribution is -2.13. The van der Waals surface area contributed by atoms with Gasteiger partial charge in [-0.05, 0) is 38.1 Å². The molecule has 1 heterocycles. The first-order valence-corrected chi connectivity index (χ1v) is 5.75. The molecule has 0 atom stereocenters. The van der Waals surface area contributed by atoms with Crippen LogP contribution in [0.2, 0.25) is 5.02 Å². The highest BCUT2D eigenvalue weighted by atomic mass is 35.5. The molecule has 88 valence electrons. The standard InChI is InChI=1S/C13H14ClN3/c1-9-10(2)15-8-16-13(9)17(3)12-6-4-11(14)5-7-12/h4-8H,1-3H3. The van der Waals surface area contributed by atoms with Crippen molar-refractivity contribution in [1.29, 1.82) is 0 Å². The number of halogens is 1. The van der Waals surface area contributed by atoms with Crippen LogP contribution in [0.15, 0.2) is 30.6 Å². The van der Waals surface area contributed by atoms with Crippen LogP contribution in [0.3, 0.4) is 0 Å². The highest BCUT2D eigenvalue weighted by Gasteiger charge is 2.10. The minimum atomic E-state index is 0.734. The Morgan fingerprint density at radius 2 is 1.71 bits per heavy atom. The van der Waals surface area contributed by atoms with Gasteiger partial charge >= 0.3 is 0 Å². The second kappa shape index (κ2) is 4.72. The molecule has 4 heteroatoms. The van der Waals surface area contributed by atoms with E-state index in [0.717, 1.165) is 27.8 Å². The Kier molecular flexibility index (Phi) is 3.29. The molecule has 0 aliphatic rings. The molecule has 0 unspecified atom stereocenters. The van der Waals surface area contributed by atoms with Gasteiger partial charge in [-0.1, -0.05) is 11.6 Å². The van der Waals surface area contributed by atoms with E-state index in [1.807, 2.05) is 50.1 Å². The molecule has 1 aromatic carbocycles. The minimum absolute atomic E-state index is 0.734. The Bertz CT molecular complexity index is 523. The van der Waals surface area contributed by atoms with Gasteiger partial charge < -0.3 is 4.90 Å². The van der Waals surface area contributed by atoms with Gasteiger partial charge in [0.2, 0.25) is 0 Å². The van der Waals surface area contributed by atoms with Crippen LogP contribution in [-0.2, 0) is 0 Å². The van der Waals surface area contributed by atoms with Crippen molar-refractivity contribution in [3.05, 3.63) is 46.9 Å². The summed E-state index contributed by atoms with van der Waals surface area (Å²) in [7, 11) is 1.98. The maximum Gasteiger partial charge on any atom is 0.139 e. The molecule has 3 nitrogen and oxygen atoms in total. The molecule has 2 rings (SSSR count). The minimum Gasteiger partial charge on any atom is -0.329 e. The lowest BCUT2D eigenvalue weighted by Gasteiger charge is -2.20. The van der Waals surface area contributed by atoms with E-state index in [0.29, 0.717) is 0 Å². The molecule has 0 radical (unpaired) electrons. The fourth-order valence-electron chi connectivity index (χ4n) is 1.65. The summed E-state index contributed by atoms with van der Waals surface area (Å²) < 4.78 is 0. The maximum absolute atomic E-state index is 5.87. The van der Waals surface area contributed by atoms with E-state index in [9.17, 15) is 0 Å². The number of anilines is 2. The summed E-state index contributed by atoms with van der Waals surface area (Å²) in [6.07, 6.45) is 1.59. The number of aromatic nitrogens is 2. The number of nitrogens with zero attached hydrogens (tertiary/aromatic N) is 3. The third-order valence-corrected chi connectivity index (χ3v) is 3.09. The topological polar surface area (TPSA) is 29.0 Å². The molecule has 0 amide bonds. The molecule has 0 saturated heterocycles. The summed E-state index contributed by atoms with van der Waals surface area (Å²) in [5.41, 5.74) is 3.14.